The summed E-state index contributed by atoms with van der Waals surface area (Å²) in [5.41, 5.74) is 6.35. The first kappa shape index (κ1) is 17.6. The van der Waals surface area contributed by atoms with E-state index in [1.165, 1.54) is 34.6 Å². The van der Waals surface area contributed by atoms with E-state index in [1.54, 1.807) is 0 Å². The van der Waals surface area contributed by atoms with E-state index in [0.717, 1.165) is 19.4 Å². The van der Waals surface area contributed by atoms with Gasteiger partial charge in [-0.3, -0.25) is 4.99 Å². The first-order valence-electron chi connectivity index (χ1n) is 9.97. The van der Waals surface area contributed by atoms with Gasteiger partial charge in [-0.15, -0.1) is 0 Å². The van der Waals surface area contributed by atoms with Gasteiger partial charge in [0.15, 0.2) is 0 Å². The number of para-hydroxylation sites is 2. The maximum atomic E-state index is 4.74. The smallest absolute Gasteiger partial charge is 0.101 e. The molecule has 0 aliphatic carbocycles. The van der Waals surface area contributed by atoms with Crippen molar-refractivity contribution in [2.45, 2.75) is 39.2 Å². The van der Waals surface area contributed by atoms with Crippen molar-refractivity contribution in [3.8, 4) is 5.69 Å². The highest BCUT2D eigenvalue weighted by Crippen LogP contribution is 2.41. The normalized spacial score (nSPS) is 15.8. The molecular weight excluding hydrogens is 330 g/mol. The molecule has 0 spiro atoms. The average molecular weight is 358 g/mol. The van der Waals surface area contributed by atoms with Crippen LogP contribution in [0.3, 0.4) is 0 Å². The summed E-state index contributed by atoms with van der Waals surface area (Å²) in [5.74, 6) is 0. The molecule has 0 saturated heterocycles. The second-order valence-electron chi connectivity index (χ2n) is 7.07. The van der Waals surface area contributed by atoms with Gasteiger partial charge in [0, 0.05) is 12.7 Å². The number of benzene rings is 2. The zero-order chi connectivity index (χ0) is 18.6. The third kappa shape index (κ3) is 3.30. The lowest BCUT2D eigenvalue weighted by atomic mass is 9.97. The molecule has 2 aromatic carbocycles. The van der Waals surface area contributed by atoms with E-state index in [-0.39, 0.29) is 6.04 Å². The van der Waals surface area contributed by atoms with Crippen molar-refractivity contribution < 1.29 is 0 Å². The summed E-state index contributed by atoms with van der Waals surface area (Å²) < 4.78 is 2.31. The Morgan fingerprint density at radius 2 is 1.70 bits per heavy atom. The first-order valence-corrected chi connectivity index (χ1v) is 9.97. The topological polar surface area (TPSA) is 20.5 Å². The summed E-state index contributed by atoms with van der Waals surface area (Å²) in [6, 6.07) is 22.1. The molecule has 1 aliphatic rings. The monoisotopic (exact) mass is 357 g/mol. The molecule has 0 N–H and O–H groups in total. The van der Waals surface area contributed by atoms with E-state index in [1.807, 2.05) is 6.34 Å². The lowest BCUT2D eigenvalue weighted by molar-refractivity contribution is 0.743. The van der Waals surface area contributed by atoms with Gasteiger partial charge in [0.25, 0.3) is 0 Å². The van der Waals surface area contributed by atoms with E-state index in [0.29, 0.717) is 0 Å². The number of rotatable bonds is 6. The standard InChI is InChI=1S/C24H27N3/c1-3-5-16-25-18-27-22-10-7-6-9-21(22)26-17-8-11-23(26)24(27)20-14-12-19(4-2)13-15-20/h6-15,17-18,24H,3-5,16H2,1-2H3. The number of anilines is 1. The third-order valence-corrected chi connectivity index (χ3v) is 5.31. The average Bonchev–Trinajstić information content (AvgIpc) is 3.21. The number of fused-ring (bicyclic) bond motifs is 3. The molecule has 3 nitrogen and oxygen atoms in total. The summed E-state index contributed by atoms with van der Waals surface area (Å²) in [7, 11) is 0. The second-order valence-corrected chi connectivity index (χ2v) is 7.07. The van der Waals surface area contributed by atoms with Gasteiger partial charge in [0.2, 0.25) is 0 Å². The molecule has 1 aliphatic heterocycles. The Bertz CT molecular complexity index is 921. The van der Waals surface area contributed by atoms with Gasteiger partial charge in [-0.2, -0.15) is 0 Å². The van der Waals surface area contributed by atoms with Gasteiger partial charge in [-0.1, -0.05) is 56.7 Å². The number of aliphatic imine (C=N–C) groups is 1. The molecular formula is C24H27N3. The van der Waals surface area contributed by atoms with Crippen molar-refractivity contribution in [3.63, 3.8) is 0 Å². The second kappa shape index (κ2) is 7.83. The van der Waals surface area contributed by atoms with Crippen LogP contribution in [0.5, 0.6) is 0 Å². The molecule has 138 valence electrons. The van der Waals surface area contributed by atoms with Gasteiger partial charge >= 0.3 is 0 Å². The molecule has 0 fully saturated rings. The van der Waals surface area contributed by atoms with E-state index >= 15 is 0 Å². The summed E-state index contributed by atoms with van der Waals surface area (Å²) in [6.07, 6.45) is 7.56. The maximum absolute atomic E-state index is 4.74. The SMILES string of the molecule is CCCCN=CN1c2ccccc2-n2cccc2C1c1ccc(CC)cc1. The number of nitrogens with zero attached hydrogens (tertiary/aromatic N) is 3. The van der Waals surface area contributed by atoms with Gasteiger partial charge < -0.3 is 9.47 Å². The molecule has 1 unspecified atom stereocenters. The molecule has 4 rings (SSSR count). The lowest BCUT2D eigenvalue weighted by Crippen LogP contribution is -2.34. The predicted molar refractivity (Wildman–Crippen MR) is 114 cm³/mol. The summed E-state index contributed by atoms with van der Waals surface area (Å²) >= 11 is 0. The van der Waals surface area contributed by atoms with Crippen molar-refractivity contribution in [1.82, 2.24) is 4.57 Å². The Kier molecular flexibility index (Phi) is 5.10. The minimum atomic E-state index is 0.131. The van der Waals surface area contributed by atoms with E-state index < -0.39 is 0 Å². The van der Waals surface area contributed by atoms with Crippen LogP contribution in [0.4, 0.5) is 5.69 Å². The molecule has 0 saturated carbocycles. The van der Waals surface area contributed by atoms with Crippen LogP contribution in [0.15, 0.2) is 71.9 Å². The number of unbranched alkanes of at least 4 members (excludes halogenated alkanes) is 1. The Hall–Kier alpha value is -2.81. The van der Waals surface area contributed by atoms with Crippen LogP contribution in [0.1, 0.15) is 49.6 Å². The Morgan fingerprint density at radius 1 is 0.926 bits per heavy atom. The van der Waals surface area contributed by atoms with Crippen LogP contribution >= 0.6 is 0 Å². The van der Waals surface area contributed by atoms with Gasteiger partial charge in [0.05, 0.1) is 23.4 Å². The molecule has 3 aromatic rings. The van der Waals surface area contributed by atoms with Crippen molar-refractivity contribution in [1.29, 1.82) is 0 Å². The van der Waals surface area contributed by atoms with Crippen LogP contribution in [-0.4, -0.2) is 17.5 Å². The number of hydrogen-bond donors (Lipinski definition) is 0. The zero-order valence-corrected chi connectivity index (χ0v) is 16.2. The van der Waals surface area contributed by atoms with Crippen molar-refractivity contribution in [3.05, 3.63) is 83.7 Å². The number of hydrogen-bond acceptors (Lipinski definition) is 1. The third-order valence-electron chi connectivity index (χ3n) is 5.31. The zero-order valence-electron chi connectivity index (χ0n) is 16.2. The predicted octanol–water partition coefficient (Wildman–Crippen LogP) is 5.78. The van der Waals surface area contributed by atoms with Crippen molar-refractivity contribution in [2.75, 3.05) is 11.4 Å². The minimum absolute atomic E-state index is 0.131. The largest absolute Gasteiger partial charge is 0.318 e. The maximum Gasteiger partial charge on any atom is 0.101 e. The fraction of sp³-hybridized carbons (Fsp3) is 0.292. The van der Waals surface area contributed by atoms with Crippen LogP contribution in [-0.2, 0) is 6.42 Å². The highest BCUT2D eigenvalue weighted by molar-refractivity contribution is 5.87. The molecule has 2 heterocycles. The molecule has 1 atom stereocenters. The Labute approximate surface area is 162 Å². The van der Waals surface area contributed by atoms with Gasteiger partial charge in [-0.05, 0) is 48.2 Å². The summed E-state index contributed by atoms with van der Waals surface area (Å²) in [5, 5.41) is 0. The molecule has 0 radical (unpaired) electrons. The van der Waals surface area contributed by atoms with Crippen LogP contribution in [0.2, 0.25) is 0 Å². The van der Waals surface area contributed by atoms with E-state index in [2.05, 4.69) is 90.2 Å². The van der Waals surface area contributed by atoms with Crippen LogP contribution in [0, 0.1) is 0 Å². The van der Waals surface area contributed by atoms with Crippen LogP contribution < -0.4 is 4.90 Å². The quantitative estimate of drug-likeness (QED) is 0.311. The molecule has 0 bridgehead atoms. The first-order chi connectivity index (χ1) is 13.3. The minimum Gasteiger partial charge on any atom is -0.318 e. The Morgan fingerprint density at radius 3 is 2.44 bits per heavy atom. The fourth-order valence-corrected chi connectivity index (χ4v) is 3.80. The molecule has 27 heavy (non-hydrogen) atoms. The highest BCUT2D eigenvalue weighted by atomic mass is 15.2. The fourth-order valence-electron chi connectivity index (χ4n) is 3.80. The molecule has 3 heteroatoms. The summed E-state index contributed by atoms with van der Waals surface area (Å²) in [6.45, 7) is 5.28. The van der Waals surface area contributed by atoms with E-state index in [4.69, 9.17) is 4.99 Å². The number of aryl methyl sites for hydroxylation is 1. The lowest BCUT2D eigenvalue weighted by Gasteiger charge is -2.37. The van der Waals surface area contributed by atoms with Gasteiger partial charge in [-0.25, -0.2) is 0 Å². The summed E-state index contributed by atoms with van der Waals surface area (Å²) in [4.78, 5) is 7.08. The van der Waals surface area contributed by atoms with Crippen molar-refractivity contribution in [2.24, 2.45) is 4.99 Å². The number of aromatic nitrogens is 1. The van der Waals surface area contributed by atoms with Gasteiger partial charge in [0.1, 0.15) is 6.04 Å². The van der Waals surface area contributed by atoms with E-state index in [9.17, 15) is 0 Å². The molecule has 1 aromatic heterocycles. The van der Waals surface area contributed by atoms with Crippen molar-refractivity contribution >= 4 is 12.0 Å². The Balaban J connectivity index is 1.81. The highest BCUT2D eigenvalue weighted by Gasteiger charge is 2.31. The molecule has 0 amide bonds. The van der Waals surface area contributed by atoms with Crippen LogP contribution in [0.25, 0.3) is 5.69 Å².